The van der Waals surface area contributed by atoms with Crippen LogP contribution < -0.4 is 0 Å². The van der Waals surface area contributed by atoms with Crippen molar-refractivity contribution in [1.82, 2.24) is 0 Å². The summed E-state index contributed by atoms with van der Waals surface area (Å²) >= 11 is 0. The number of fused-ring (bicyclic) bond motifs is 1. The summed E-state index contributed by atoms with van der Waals surface area (Å²) in [6, 6.07) is 11.2. The van der Waals surface area contributed by atoms with E-state index in [0.717, 1.165) is 18.1 Å². The lowest BCUT2D eigenvalue weighted by Crippen LogP contribution is -1.94. The van der Waals surface area contributed by atoms with Crippen LogP contribution in [-0.2, 0) is 6.42 Å². The van der Waals surface area contributed by atoms with E-state index in [-0.39, 0.29) is 27.6 Å². The molecular formula is C27H16F6. The Morgan fingerprint density at radius 2 is 1.39 bits per heavy atom. The van der Waals surface area contributed by atoms with Crippen LogP contribution in [-0.4, -0.2) is 0 Å². The van der Waals surface area contributed by atoms with Crippen LogP contribution in [0.4, 0.5) is 26.3 Å². The summed E-state index contributed by atoms with van der Waals surface area (Å²) in [6.45, 7) is 1.96. The van der Waals surface area contributed by atoms with Crippen molar-refractivity contribution >= 4 is 10.8 Å². The van der Waals surface area contributed by atoms with E-state index in [2.05, 4.69) is 11.8 Å². The molecule has 0 N–H and O–H groups in total. The molecule has 0 fully saturated rings. The van der Waals surface area contributed by atoms with Crippen molar-refractivity contribution in [2.24, 2.45) is 0 Å². The van der Waals surface area contributed by atoms with Crippen LogP contribution >= 0.6 is 0 Å². The summed E-state index contributed by atoms with van der Waals surface area (Å²) in [6.07, 6.45) is 1.49. The summed E-state index contributed by atoms with van der Waals surface area (Å²) in [5.41, 5.74) is 0.678. The van der Waals surface area contributed by atoms with Crippen molar-refractivity contribution in [3.63, 3.8) is 0 Å². The SMILES string of the molecule is CCCc1cc(F)c2c(F)c(-c3ccc(C#Cc4cc(F)c(F)c(F)c4)c(F)c3)ccc2c1. The molecule has 0 heterocycles. The number of aryl methyl sites for hydroxylation is 1. The van der Waals surface area contributed by atoms with Crippen molar-refractivity contribution in [2.45, 2.75) is 19.8 Å². The first-order valence-corrected chi connectivity index (χ1v) is 10.2. The maximum atomic E-state index is 15.2. The third-order valence-electron chi connectivity index (χ3n) is 5.21. The highest BCUT2D eigenvalue weighted by atomic mass is 19.2. The largest absolute Gasteiger partial charge is 0.206 e. The normalized spacial score (nSPS) is 10.9. The summed E-state index contributed by atoms with van der Waals surface area (Å²) in [5, 5.41) is 0.249. The van der Waals surface area contributed by atoms with Crippen LogP contribution in [0.5, 0.6) is 0 Å². The monoisotopic (exact) mass is 454 g/mol. The third kappa shape index (κ3) is 4.45. The summed E-state index contributed by atoms with van der Waals surface area (Å²) < 4.78 is 84.0. The first kappa shape index (κ1) is 22.5. The quantitative estimate of drug-likeness (QED) is 0.169. The van der Waals surface area contributed by atoms with Gasteiger partial charge in [-0.2, -0.15) is 0 Å². The molecule has 0 aliphatic rings. The van der Waals surface area contributed by atoms with E-state index in [4.69, 9.17) is 0 Å². The fraction of sp³-hybridized carbons (Fsp3) is 0.111. The molecule has 0 nitrogen and oxygen atoms in total. The van der Waals surface area contributed by atoms with Crippen molar-refractivity contribution < 1.29 is 26.3 Å². The summed E-state index contributed by atoms with van der Waals surface area (Å²) in [5.74, 6) is -1.93. The third-order valence-corrected chi connectivity index (χ3v) is 5.21. The van der Waals surface area contributed by atoms with Gasteiger partial charge in [0.15, 0.2) is 17.5 Å². The summed E-state index contributed by atoms with van der Waals surface area (Å²) in [4.78, 5) is 0. The van der Waals surface area contributed by atoms with E-state index >= 15 is 4.39 Å². The molecule has 4 rings (SSSR count). The Morgan fingerprint density at radius 1 is 0.667 bits per heavy atom. The van der Waals surface area contributed by atoms with Crippen molar-refractivity contribution in [3.05, 3.63) is 106 Å². The average Bonchev–Trinajstić information content (AvgIpc) is 2.76. The van der Waals surface area contributed by atoms with Crippen LogP contribution in [0.1, 0.15) is 30.0 Å². The van der Waals surface area contributed by atoms with Gasteiger partial charge in [0.25, 0.3) is 0 Å². The Kier molecular flexibility index (Phi) is 6.15. The van der Waals surface area contributed by atoms with E-state index in [0.29, 0.717) is 23.9 Å². The molecule has 6 heteroatoms. The first-order valence-electron chi connectivity index (χ1n) is 10.2. The molecule has 0 aromatic heterocycles. The van der Waals surface area contributed by atoms with Gasteiger partial charge in [0, 0.05) is 11.1 Å². The predicted octanol–water partition coefficient (Wildman–Crippen LogP) is 7.69. The van der Waals surface area contributed by atoms with Gasteiger partial charge in [-0.3, -0.25) is 0 Å². The van der Waals surface area contributed by atoms with Gasteiger partial charge in [-0.15, -0.1) is 0 Å². The fourth-order valence-electron chi connectivity index (χ4n) is 3.64. The number of halogens is 6. The molecule has 0 amide bonds. The lowest BCUT2D eigenvalue weighted by Gasteiger charge is -2.10. The maximum absolute atomic E-state index is 15.2. The van der Waals surface area contributed by atoms with Crippen LogP contribution in [0.3, 0.4) is 0 Å². The number of benzene rings is 4. The van der Waals surface area contributed by atoms with E-state index in [1.807, 2.05) is 6.92 Å². The Bertz CT molecular complexity index is 1420. The smallest absolute Gasteiger partial charge is 0.194 e. The fourth-order valence-corrected chi connectivity index (χ4v) is 3.64. The summed E-state index contributed by atoms with van der Waals surface area (Å²) in [7, 11) is 0. The molecule has 33 heavy (non-hydrogen) atoms. The van der Waals surface area contributed by atoms with E-state index in [9.17, 15) is 22.0 Å². The van der Waals surface area contributed by atoms with Crippen LogP contribution in [0.2, 0.25) is 0 Å². The molecule has 0 bridgehead atoms. The standard InChI is InChI=1S/C27H16F6/c1-2-3-15-10-19-8-9-20(26(32)25(19)22(29)11-15)18-7-6-17(21(28)14-18)5-4-16-12-23(30)27(33)24(31)13-16/h6-14H,2-3H2,1H3. The van der Waals surface area contributed by atoms with Gasteiger partial charge in [0.2, 0.25) is 0 Å². The van der Waals surface area contributed by atoms with Crippen LogP contribution in [0.25, 0.3) is 21.9 Å². The second-order valence-electron chi connectivity index (χ2n) is 7.55. The minimum absolute atomic E-state index is 0.0192. The Balaban J connectivity index is 1.71. The molecule has 0 radical (unpaired) electrons. The number of rotatable bonds is 3. The van der Waals surface area contributed by atoms with E-state index < -0.39 is 34.9 Å². The number of hydrogen-bond donors (Lipinski definition) is 0. The average molecular weight is 454 g/mol. The van der Waals surface area contributed by atoms with Gasteiger partial charge in [-0.05, 0) is 53.3 Å². The molecule has 4 aromatic rings. The van der Waals surface area contributed by atoms with Crippen LogP contribution in [0, 0.1) is 46.7 Å². The lowest BCUT2D eigenvalue weighted by atomic mass is 9.97. The van der Waals surface area contributed by atoms with Crippen molar-refractivity contribution in [1.29, 1.82) is 0 Å². The Labute approximate surface area is 186 Å². The topological polar surface area (TPSA) is 0 Å². The Hall–Kier alpha value is -3.72. The molecule has 0 atom stereocenters. The second-order valence-corrected chi connectivity index (χ2v) is 7.55. The number of hydrogen-bond acceptors (Lipinski definition) is 0. The molecule has 4 aromatic carbocycles. The molecule has 0 spiro atoms. The molecular weight excluding hydrogens is 438 g/mol. The van der Waals surface area contributed by atoms with Crippen LogP contribution in [0.15, 0.2) is 54.6 Å². The Morgan fingerprint density at radius 3 is 2.06 bits per heavy atom. The van der Waals surface area contributed by atoms with Crippen molar-refractivity contribution in [2.75, 3.05) is 0 Å². The zero-order valence-electron chi connectivity index (χ0n) is 17.4. The molecule has 0 aliphatic carbocycles. The first-order chi connectivity index (χ1) is 15.8. The van der Waals surface area contributed by atoms with Gasteiger partial charge in [-0.1, -0.05) is 49.5 Å². The van der Waals surface area contributed by atoms with Gasteiger partial charge < -0.3 is 0 Å². The second kappa shape index (κ2) is 9.03. The molecule has 0 saturated carbocycles. The highest BCUT2D eigenvalue weighted by Gasteiger charge is 2.15. The van der Waals surface area contributed by atoms with Gasteiger partial charge in [-0.25, -0.2) is 26.3 Å². The zero-order chi connectivity index (χ0) is 23.7. The van der Waals surface area contributed by atoms with E-state index in [1.54, 1.807) is 12.1 Å². The lowest BCUT2D eigenvalue weighted by molar-refractivity contribution is 0.446. The van der Waals surface area contributed by atoms with Crippen molar-refractivity contribution in [3.8, 4) is 23.0 Å². The maximum Gasteiger partial charge on any atom is 0.194 e. The van der Waals surface area contributed by atoms with Gasteiger partial charge in [0.05, 0.1) is 10.9 Å². The minimum atomic E-state index is -1.62. The zero-order valence-corrected chi connectivity index (χ0v) is 17.4. The molecule has 0 saturated heterocycles. The van der Waals surface area contributed by atoms with Gasteiger partial charge >= 0.3 is 0 Å². The minimum Gasteiger partial charge on any atom is -0.206 e. The van der Waals surface area contributed by atoms with Gasteiger partial charge in [0.1, 0.15) is 17.5 Å². The highest BCUT2D eigenvalue weighted by molar-refractivity contribution is 5.89. The highest BCUT2D eigenvalue weighted by Crippen LogP contribution is 2.32. The molecule has 0 unspecified atom stereocenters. The predicted molar refractivity (Wildman–Crippen MR) is 116 cm³/mol. The molecule has 0 aliphatic heterocycles. The van der Waals surface area contributed by atoms with E-state index in [1.165, 1.54) is 24.3 Å². The molecule has 166 valence electrons.